The lowest BCUT2D eigenvalue weighted by molar-refractivity contribution is 0.0536. The van der Waals surface area contributed by atoms with Crippen LogP contribution < -0.4 is 10.6 Å². The Bertz CT molecular complexity index is 1150. The predicted molar refractivity (Wildman–Crippen MR) is 139 cm³/mol. The molecule has 0 spiro atoms. The first-order valence-electron chi connectivity index (χ1n) is 11.9. The molecule has 3 heterocycles. The highest BCUT2D eigenvalue weighted by atomic mass is 35.5. The van der Waals surface area contributed by atoms with Gasteiger partial charge in [-0.1, -0.05) is 48.7 Å². The summed E-state index contributed by atoms with van der Waals surface area (Å²) in [5, 5.41) is 8.26. The predicted octanol–water partition coefficient (Wildman–Crippen LogP) is 7.12. The monoisotopic (exact) mass is 522 g/mol. The largest absolute Gasteiger partial charge is 0.381 e. The van der Waals surface area contributed by atoms with Crippen LogP contribution in [0.15, 0.2) is 18.3 Å². The molecule has 2 aromatic heterocycles. The van der Waals surface area contributed by atoms with E-state index in [1.165, 1.54) is 12.8 Å². The lowest BCUT2D eigenvalue weighted by atomic mass is 9.87. The van der Waals surface area contributed by atoms with Crippen LogP contribution in [0.2, 0.25) is 15.1 Å². The molecule has 2 atom stereocenters. The van der Waals surface area contributed by atoms with E-state index in [0.29, 0.717) is 38.6 Å². The van der Waals surface area contributed by atoms with Gasteiger partial charge in [0.15, 0.2) is 5.65 Å². The molecule has 0 unspecified atom stereocenters. The number of rotatable bonds is 5. The number of hydrogen-bond acceptors (Lipinski definition) is 6. The van der Waals surface area contributed by atoms with Crippen LogP contribution in [0.3, 0.4) is 0 Å². The van der Waals surface area contributed by atoms with E-state index in [1.807, 2.05) is 0 Å². The summed E-state index contributed by atoms with van der Waals surface area (Å²) in [4.78, 5) is 14.3. The van der Waals surface area contributed by atoms with Crippen molar-refractivity contribution in [1.29, 1.82) is 0 Å². The van der Waals surface area contributed by atoms with Crippen molar-refractivity contribution in [2.24, 2.45) is 11.8 Å². The Labute approximate surface area is 214 Å². The molecule has 1 saturated heterocycles. The number of ether oxygens (including phenoxy) is 1. The second-order valence-electron chi connectivity index (χ2n) is 9.58. The van der Waals surface area contributed by atoms with Gasteiger partial charge in [-0.3, -0.25) is 4.57 Å². The second kappa shape index (κ2) is 10.1. The van der Waals surface area contributed by atoms with Crippen LogP contribution in [0.5, 0.6) is 0 Å². The van der Waals surface area contributed by atoms with Crippen molar-refractivity contribution < 1.29 is 4.74 Å². The van der Waals surface area contributed by atoms with Crippen molar-refractivity contribution in [1.82, 2.24) is 19.5 Å². The maximum atomic E-state index is 6.47. The van der Waals surface area contributed by atoms with Crippen LogP contribution in [0.25, 0.3) is 11.2 Å². The van der Waals surface area contributed by atoms with E-state index < -0.39 is 0 Å². The Hall–Kier alpha value is -1.80. The molecular weight excluding hydrogens is 495 g/mol. The van der Waals surface area contributed by atoms with Crippen molar-refractivity contribution in [3.05, 3.63) is 33.4 Å². The molecule has 10 heteroatoms. The van der Waals surface area contributed by atoms with E-state index in [1.54, 1.807) is 18.3 Å². The molecule has 1 aliphatic carbocycles. The molecule has 7 nitrogen and oxygen atoms in total. The molecule has 2 aliphatic rings. The molecule has 2 N–H and O–H groups in total. The van der Waals surface area contributed by atoms with Crippen LogP contribution >= 0.6 is 34.8 Å². The van der Waals surface area contributed by atoms with Gasteiger partial charge in [0.05, 0.1) is 28.5 Å². The van der Waals surface area contributed by atoms with E-state index in [0.717, 1.165) is 49.6 Å². The molecule has 1 aromatic carbocycles. The number of nitrogens with one attached hydrogen (secondary N) is 2. The lowest BCUT2D eigenvalue weighted by Crippen LogP contribution is -2.36. The number of fused-ring (bicyclic) bond motifs is 1. The van der Waals surface area contributed by atoms with Gasteiger partial charge in [0.1, 0.15) is 5.52 Å². The van der Waals surface area contributed by atoms with Gasteiger partial charge in [0.25, 0.3) is 0 Å². The summed E-state index contributed by atoms with van der Waals surface area (Å²) < 4.78 is 7.78. The zero-order chi connectivity index (χ0) is 23.8. The van der Waals surface area contributed by atoms with E-state index in [-0.39, 0.29) is 12.1 Å². The van der Waals surface area contributed by atoms with Gasteiger partial charge in [-0.2, -0.15) is 4.98 Å². The van der Waals surface area contributed by atoms with Gasteiger partial charge in [0.2, 0.25) is 11.9 Å². The number of benzene rings is 1. The number of halogens is 3. The minimum atomic E-state index is 0.276. The summed E-state index contributed by atoms with van der Waals surface area (Å²) in [6, 6.07) is 3.90. The molecule has 0 bridgehead atoms. The maximum Gasteiger partial charge on any atom is 0.224 e. The van der Waals surface area contributed by atoms with Gasteiger partial charge in [-0.25, -0.2) is 9.97 Å². The fourth-order valence-corrected chi connectivity index (χ4v) is 5.84. The summed E-state index contributed by atoms with van der Waals surface area (Å²) >= 11 is 19.1. The summed E-state index contributed by atoms with van der Waals surface area (Å²) in [6.07, 6.45) is 7.18. The first-order valence-corrected chi connectivity index (χ1v) is 13.0. The Morgan fingerprint density at radius 1 is 1.00 bits per heavy atom. The number of aromatic nitrogens is 4. The average molecular weight is 524 g/mol. The number of nitrogens with zero attached hydrogens (tertiary/aromatic N) is 4. The minimum absolute atomic E-state index is 0.276. The maximum absolute atomic E-state index is 6.47. The van der Waals surface area contributed by atoms with E-state index in [9.17, 15) is 0 Å². The van der Waals surface area contributed by atoms with Crippen molar-refractivity contribution in [3.8, 4) is 0 Å². The van der Waals surface area contributed by atoms with Crippen LogP contribution in [-0.4, -0.2) is 38.8 Å². The van der Waals surface area contributed by atoms with Gasteiger partial charge >= 0.3 is 0 Å². The first kappa shape index (κ1) is 23.9. The summed E-state index contributed by atoms with van der Waals surface area (Å²) in [5.74, 6) is 2.39. The third kappa shape index (κ3) is 4.94. The molecule has 34 heavy (non-hydrogen) atoms. The molecule has 0 radical (unpaired) electrons. The van der Waals surface area contributed by atoms with Gasteiger partial charge in [0, 0.05) is 23.7 Å². The minimum Gasteiger partial charge on any atom is -0.381 e. The normalized spacial score (nSPS) is 25.4. The number of anilines is 3. The molecular formula is C24H29Cl3N6O. The van der Waals surface area contributed by atoms with E-state index in [2.05, 4.69) is 34.0 Å². The molecule has 2 fully saturated rings. The second-order valence-corrected chi connectivity index (χ2v) is 10.8. The number of hydrogen-bond donors (Lipinski definition) is 2. The third-order valence-electron chi connectivity index (χ3n) is 6.98. The topological polar surface area (TPSA) is 76.9 Å². The molecule has 0 amide bonds. The Morgan fingerprint density at radius 3 is 2.44 bits per heavy atom. The van der Waals surface area contributed by atoms with Crippen molar-refractivity contribution in [2.75, 3.05) is 23.8 Å². The molecule has 1 aliphatic heterocycles. The van der Waals surface area contributed by atoms with Crippen molar-refractivity contribution in [2.45, 2.75) is 58.0 Å². The quantitative estimate of drug-likeness (QED) is 0.371. The highest BCUT2D eigenvalue weighted by molar-refractivity contribution is 6.41. The third-order valence-corrected chi connectivity index (χ3v) is 7.80. The Kier molecular flexibility index (Phi) is 7.07. The first-order chi connectivity index (χ1) is 16.4. The van der Waals surface area contributed by atoms with Crippen molar-refractivity contribution in [3.63, 3.8) is 0 Å². The fourth-order valence-electron chi connectivity index (χ4n) is 4.93. The Morgan fingerprint density at radius 2 is 1.74 bits per heavy atom. The molecule has 5 rings (SSSR count). The van der Waals surface area contributed by atoms with Gasteiger partial charge in [-0.15, -0.1) is 0 Å². The standard InChI is InChI=1S/C24H29Cl3N6O/c1-13-3-5-16(6-4-13)33-22-20(11-28-23(32-22)29-19-7-8-34-12-14(19)2)30-24(33)31-21-17(26)9-15(25)10-18(21)27/h9-11,13-14,16,19H,3-8,12H2,1-2H3,(H,30,31)(H,28,29,32)/t13?,14-,16?,19-/m0/s1. The lowest BCUT2D eigenvalue weighted by Gasteiger charge is -2.30. The van der Waals surface area contributed by atoms with E-state index >= 15 is 0 Å². The SMILES string of the molecule is CC1CCC(n2c(Nc3c(Cl)cc(Cl)cc3Cl)nc3cnc(N[C@H]4CCOC[C@@H]4C)nc32)CC1. The molecule has 1 saturated carbocycles. The average Bonchev–Trinajstić information content (AvgIpc) is 3.16. The smallest absolute Gasteiger partial charge is 0.224 e. The van der Waals surface area contributed by atoms with Gasteiger partial charge in [-0.05, 0) is 56.1 Å². The summed E-state index contributed by atoms with van der Waals surface area (Å²) in [7, 11) is 0. The van der Waals surface area contributed by atoms with Gasteiger partial charge < -0.3 is 15.4 Å². The molecule has 3 aromatic rings. The Balaban J connectivity index is 1.54. The fraction of sp³-hybridized carbons (Fsp3) is 0.542. The highest BCUT2D eigenvalue weighted by Crippen LogP contribution is 2.40. The van der Waals surface area contributed by atoms with Crippen LogP contribution in [0, 0.1) is 11.8 Å². The molecule has 182 valence electrons. The zero-order valence-electron chi connectivity index (χ0n) is 19.3. The zero-order valence-corrected chi connectivity index (χ0v) is 21.6. The highest BCUT2D eigenvalue weighted by Gasteiger charge is 2.27. The van der Waals surface area contributed by atoms with Crippen molar-refractivity contribution >= 4 is 63.6 Å². The summed E-state index contributed by atoms with van der Waals surface area (Å²) in [5.41, 5.74) is 2.11. The van der Waals surface area contributed by atoms with E-state index in [4.69, 9.17) is 49.5 Å². The van der Waals surface area contributed by atoms with Crippen LogP contribution in [0.4, 0.5) is 17.6 Å². The van der Waals surface area contributed by atoms with Crippen LogP contribution in [-0.2, 0) is 4.74 Å². The summed E-state index contributed by atoms with van der Waals surface area (Å²) in [6.45, 7) is 5.99. The van der Waals surface area contributed by atoms with Crippen LogP contribution in [0.1, 0.15) is 52.0 Å². The number of imidazole rings is 1.